The molecule has 0 unspecified atom stereocenters. The van der Waals surface area contributed by atoms with E-state index < -0.39 is 52.7 Å². The zero-order valence-electron chi connectivity index (χ0n) is 16.6. The molecule has 2 N–H and O–H groups in total. The van der Waals surface area contributed by atoms with Gasteiger partial charge in [0, 0.05) is 23.5 Å². The molecular weight excluding hydrogens is 425 g/mol. The number of nitrogens with one attached hydrogen (secondary N) is 2. The Bertz CT molecular complexity index is 1200. The highest BCUT2D eigenvalue weighted by molar-refractivity contribution is 5.70. The molecule has 0 spiro atoms. The minimum atomic E-state index is -4.76. The van der Waals surface area contributed by atoms with Gasteiger partial charge in [0.25, 0.3) is 0 Å². The van der Waals surface area contributed by atoms with E-state index in [4.69, 9.17) is 9.47 Å². The molecule has 4 rings (SSSR count). The maximum atomic E-state index is 14.4. The highest BCUT2D eigenvalue weighted by Gasteiger charge is 2.65. The van der Waals surface area contributed by atoms with Crippen molar-refractivity contribution < 1.29 is 31.4 Å². The summed E-state index contributed by atoms with van der Waals surface area (Å²) in [5.74, 6) is -5.30. The Labute approximate surface area is 172 Å². The molecule has 1 saturated heterocycles. The Morgan fingerprint density at radius 2 is 1.87 bits per heavy atom. The number of imidazole rings is 1. The highest BCUT2D eigenvalue weighted by Crippen LogP contribution is 2.59. The number of fused-ring (bicyclic) bond motifs is 1. The number of hydrogen-bond acceptors (Lipinski definition) is 4. The van der Waals surface area contributed by atoms with Gasteiger partial charge in [0.05, 0.1) is 12.6 Å². The molecule has 0 bridgehead atoms. The first-order chi connectivity index (χ1) is 14.5. The second-order valence-corrected chi connectivity index (χ2v) is 7.65. The van der Waals surface area contributed by atoms with E-state index >= 15 is 0 Å². The third-order valence-electron chi connectivity index (χ3n) is 5.97. The lowest BCUT2D eigenvalue weighted by molar-refractivity contribution is -0.275. The zero-order chi connectivity index (χ0) is 22.7. The average Bonchev–Trinajstić information content (AvgIpc) is 3.23. The van der Waals surface area contributed by atoms with Crippen LogP contribution in [0.4, 0.5) is 22.0 Å². The summed E-state index contributed by atoms with van der Waals surface area (Å²) in [5.41, 5.74) is -2.52. The molecule has 0 saturated carbocycles. The standard InChI is InChI=1S/C20H18F5N3O3/c1-8-13(9-4-5-10(21)14(22)15(9)30-3)16(31-19(8,2)20(23,24)25)18-26-11-6-7-12(29)27-17(11)28-18/h4-8,13,16H,1-3H3,(H2,26,27,28,29)/t8-,13-,16+,19+/m0/s1. The predicted octanol–water partition coefficient (Wildman–Crippen LogP) is 4.35. The molecule has 0 aliphatic carbocycles. The summed E-state index contributed by atoms with van der Waals surface area (Å²) in [7, 11) is 1.10. The van der Waals surface area contributed by atoms with Crippen molar-refractivity contribution in [2.24, 2.45) is 5.92 Å². The smallest absolute Gasteiger partial charge is 0.417 e. The van der Waals surface area contributed by atoms with Gasteiger partial charge < -0.3 is 19.4 Å². The number of hydrogen-bond donors (Lipinski definition) is 2. The number of aromatic amines is 2. The summed E-state index contributed by atoms with van der Waals surface area (Å²) < 4.78 is 80.6. The Morgan fingerprint density at radius 3 is 2.52 bits per heavy atom. The summed E-state index contributed by atoms with van der Waals surface area (Å²) in [6.07, 6.45) is -6.07. The quantitative estimate of drug-likeness (QED) is 0.590. The number of benzene rings is 1. The third-order valence-corrected chi connectivity index (χ3v) is 5.97. The van der Waals surface area contributed by atoms with Gasteiger partial charge in [-0.3, -0.25) is 4.79 Å². The van der Waals surface area contributed by atoms with Gasteiger partial charge in [-0.25, -0.2) is 9.37 Å². The van der Waals surface area contributed by atoms with E-state index in [1.165, 1.54) is 25.1 Å². The van der Waals surface area contributed by atoms with Gasteiger partial charge in [-0.05, 0) is 19.1 Å². The van der Waals surface area contributed by atoms with E-state index in [1.807, 2.05) is 0 Å². The van der Waals surface area contributed by atoms with Gasteiger partial charge >= 0.3 is 6.18 Å². The van der Waals surface area contributed by atoms with Gasteiger partial charge in [0.2, 0.25) is 11.4 Å². The molecular formula is C20H18F5N3O3. The Kier molecular flexibility index (Phi) is 4.84. The predicted molar refractivity (Wildman–Crippen MR) is 99.8 cm³/mol. The van der Waals surface area contributed by atoms with Crippen LogP contribution in [0.2, 0.25) is 0 Å². The monoisotopic (exact) mass is 443 g/mol. The first-order valence-electron chi connectivity index (χ1n) is 9.33. The summed E-state index contributed by atoms with van der Waals surface area (Å²) in [6, 6.07) is 4.68. The molecule has 1 fully saturated rings. The number of rotatable bonds is 3. The summed E-state index contributed by atoms with van der Waals surface area (Å²) in [5, 5.41) is 0. The Morgan fingerprint density at radius 1 is 1.16 bits per heavy atom. The number of methoxy groups -OCH3 is 1. The van der Waals surface area contributed by atoms with Crippen LogP contribution in [0.5, 0.6) is 5.75 Å². The van der Waals surface area contributed by atoms with Crippen LogP contribution in [-0.2, 0) is 4.74 Å². The first kappa shape index (κ1) is 21.3. The van der Waals surface area contributed by atoms with Crippen LogP contribution in [-0.4, -0.2) is 33.8 Å². The number of H-pyrrole nitrogens is 2. The fraction of sp³-hybridized carbons (Fsp3) is 0.400. The maximum absolute atomic E-state index is 14.4. The minimum Gasteiger partial charge on any atom is -0.493 e. The Hall–Kier alpha value is -2.95. The maximum Gasteiger partial charge on any atom is 0.417 e. The number of pyridine rings is 1. The lowest BCUT2D eigenvalue weighted by Crippen LogP contribution is -2.46. The molecule has 1 aliphatic rings. The topological polar surface area (TPSA) is 80.0 Å². The van der Waals surface area contributed by atoms with Gasteiger partial charge in [-0.15, -0.1) is 0 Å². The lowest BCUT2D eigenvalue weighted by Gasteiger charge is -2.32. The molecule has 166 valence electrons. The largest absolute Gasteiger partial charge is 0.493 e. The summed E-state index contributed by atoms with van der Waals surface area (Å²) in [4.78, 5) is 21.1. The van der Waals surface area contributed by atoms with Crippen LogP contribution < -0.4 is 10.3 Å². The zero-order valence-corrected chi connectivity index (χ0v) is 16.6. The summed E-state index contributed by atoms with van der Waals surface area (Å²) in [6.45, 7) is 2.23. The van der Waals surface area contributed by atoms with Crippen LogP contribution in [0.15, 0.2) is 29.1 Å². The van der Waals surface area contributed by atoms with Crippen LogP contribution in [0, 0.1) is 17.6 Å². The highest BCUT2D eigenvalue weighted by atomic mass is 19.4. The van der Waals surface area contributed by atoms with Gasteiger partial charge in [0.15, 0.2) is 22.8 Å². The van der Waals surface area contributed by atoms with Crippen molar-refractivity contribution in [3.63, 3.8) is 0 Å². The molecule has 0 amide bonds. The summed E-state index contributed by atoms with van der Waals surface area (Å²) >= 11 is 0. The van der Waals surface area contributed by atoms with Crippen LogP contribution in [0.3, 0.4) is 0 Å². The second kappa shape index (κ2) is 7.04. The van der Waals surface area contributed by atoms with E-state index in [2.05, 4.69) is 15.0 Å². The molecule has 1 aliphatic heterocycles. The number of nitrogens with zero attached hydrogens (tertiary/aromatic N) is 1. The van der Waals surface area contributed by atoms with Crippen molar-refractivity contribution in [1.82, 2.24) is 15.0 Å². The van der Waals surface area contributed by atoms with Crippen LogP contribution in [0.1, 0.15) is 37.3 Å². The molecule has 3 heterocycles. The van der Waals surface area contributed by atoms with Gasteiger partial charge in [0.1, 0.15) is 11.9 Å². The number of aromatic nitrogens is 3. The molecule has 0 radical (unpaired) electrons. The van der Waals surface area contributed by atoms with Crippen LogP contribution >= 0.6 is 0 Å². The van der Waals surface area contributed by atoms with Crippen molar-refractivity contribution in [1.29, 1.82) is 0 Å². The molecule has 2 aromatic heterocycles. The first-order valence-corrected chi connectivity index (χ1v) is 9.33. The fourth-order valence-electron chi connectivity index (χ4n) is 4.12. The van der Waals surface area contributed by atoms with Gasteiger partial charge in [-0.1, -0.05) is 13.0 Å². The molecule has 4 atom stereocenters. The molecule has 6 nitrogen and oxygen atoms in total. The van der Waals surface area contributed by atoms with Crippen molar-refractivity contribution in [2.75, 3.05) is 7.11 Å². The van der Waals surface area contributed by atoms with Crippen molar-refractivity contribution >= 4 is 11.2 Å². The van der Waals surface area contributed by atoms with E-state index in [1.54, 1.807) is 0 Å². The number of halogens is 5. The van der Waals surface area contributed by atoms with Crippen molar-refractivity contribution in [3.05, 3.63) is 57.6 Å². The molecule has 3 aromatic rings. The van der Waals surface area contributed by atoms with E-state index in [-0.39, 0.29) is 17.0 Å². The van der Waals surface area contributed by atoms with Crippen molar-refractivity contribution in [2.45, 2.75) is 37.6 Å². The van der Waals surface area contributed by atoms with Gasteiger partial charge in [-0.2, -0.15) is 17.6 Å². The third kappa shape index (κ3) is 3.18. The second-order valence-electron chi connectivity index (χ2n) is 7.65. The molecule has 31 heavy (non-hydrogen) atoms. The normalized spacial score (nSPS) is 26.5. The van der Waals surface area contributed by atoms with E-state index in [0.29, 0.717) is 5.52 Å². The fourth-order valence-corrected chi connectivity index (χ4v) is 4.12. The number of alkyl halides is 3. The van der Waals surface area contributed by atoms with Crippen LogP contribution in [0.25, 0.3) is 11.2 Å². The van der Waals surface area contributed by atoms with E-state index in [9.17, 15) is 26.7 Å². The van der Waals surface area contributed by atoms with E-state index in [0.717, 1.165) is 20.1 Å². The lowest BCUT2D eigenvalue weighted by atomic mass is 9.77. The average molecular weight is 443 g/mol. The SMILES string of the molecule is COc1c([C@H]2[C@H](c3nc4[nH]c(=O)ccc4[nH]3)O[C@@](C)(C(F)(F)F)[C@H]2C)ccc(F)c1F. The number of ether oxygens (including phenoxy) is 2. The minimum absolute atomic E-state index is 0.00783. The van der Waals surface area contributed by atoms with Crippen molar-refractivity contribution in [3.8, 4) is 5.75 Å². The molecule has 11 heteroatoms. The molecule has 1 aromatic carbocycles. The Balaban J connectivity index is 1.93.